The molecule has 1 aliphatic heterocycles. The van der Waals surface area contributed by atoms with Crippen LogP contribution < -0.4 is 16.0 Å². The summed E-state index contributed by atoms with van der Waals surface area (Å²) >= 11 is 0. The van der Waals surface area contributed by atoms with Crippen LogP contribution >= 0.6 is 0 Å². The molecule has 1 saturated heterocycles. The summed E-state index contributed by atoms with van der Waals surface area (Å²) in [5.74, 6) is -0.578. The molecule has 0 aliphatic carbocycles. The number of hydrogen-bond donors (Lipinski definition) is 3. The number of nitrogens with zero attached hydrogens (tertiary/aromatic N) is 2. The number of carbonyl (C=O) groups is 3. The average Bonchev–Trinajstić information content (AvgIpc) is 3.04. The molecule has 0 aromatic carbocycles. The highest BCUT2D eigenvalue weighted by atomic mass is 16.2. The Morgan fingerprint density at radius 2 is 2.17 bits per heavy atom. The van der Waals surface area contributed by atoms with Crippen LogP contribution in [0, 0.1) is 6.92 Å². The smallest absolute Gasteiger partial charge is 0.322 e. The largest absolute Gasteiger partial charge is 0.350 e. The van der Waals surface area contributed by atoms with Crippen LogP contribution in [-0.4, -0.2) is 33.3 Å². The van der Waals surface area contributed by atoms with E-state index in [2.05, 4.69) is 20.9 Å². The second-order valence-electron chi connectivity index (χ2n) is 5.53. The van der Waals surface area contributed by atoms with Crippen molar-refractivity contribution in [3.05, 3.63) is 35.8 Å². The van der Waals surface area contributed by atoms with Gasteiger partial charge in [0.1, 0.15) is 11.7 Å². The Hall–Kier alpha value is -2.90. The van der Waals surface area contributed by atoms with Gasteiger partial charge in [-0.3, -0.25) is 14.9 Å². The van der Waals surface area contributed by atoms with Gasteiger partial charge in [0.25, 0.3) is 5.91 Å². The zero-order chi connectivity index (χ0) is 16.4. The molecule has 8 heteroatoms. The molecule has 1 aliphatic rings. The van der Waals surface area contributed by atoms with Crippen LogP contribution in [0.3, 0.4) is 0 Å². The van der Waals surface area contributed by atoms with Gasteiger partial charge in [-0.05, 0) is 25.0 Å². The zero-order valence-corrected chi connectivity index (χ0v) is 12.6. The number of carbonyl (C=O) groups excluding carboxylic acids is 3. The maximum absolute atomic E-state index is 11.8. The summed E-state index contributed by atoms with van der Waals surface area (Å²) in [5, 5.41) is 7.36. The molecule has 1 atom stereocenters. The molecule has 23 heavy (non-hydrogen) atoms. The molecule has 0 saturated carbocycles. The number of imidazole rings is 1. The molecule has 3 N–H and O–H groups in total. The van der Waals surface area contributed by atoms with Crippen LogP contribution in [0.25, 0.3) is 5.65 Å². The molecule has 4 amide bonds. The van der Waals surface area contributed by atoms with Gasteiger partial charge >= 0.3 is 6.03 Å². The molecule has 8 nitrogen and oxygen atoms in total. The van der Waals surface area contributed by atoms with E-state index in [-0.39, 0.29) is 18.7 Å². The molecule has 0 spiro atoms. The first-order valence-corrected chi connectivity index (χ1v) is 7.33. The first kappa shape index (κ1) is 15.0. The maximum Gasteiger partial charge on any atom is 0.322 e. The third-order valence-electron chi connectivity index (χ3n) is 3.63. The summed E-state index contributed by atoms with van der Waals surface area (Å²) < 4.78 is 1.91. The van der Waals surface area contributed by atoms with E-state index < -0.39 is 18.0 Å². The minimum Gasteiger partial charge on any atom is -0.350 e. The molecular weight excluding hydrogens is 298 g/mol. The quantitative estimate of drug-likeness (QED) is 0.688. The number of pyridine rings is 1. The number of aromatic nitrogens is 2. The lowest BCUT2D eigenvalue weighted by Crippen LogP contribution is -2.31. The summed E-state index contributed by atoms with van der Waals surface area (Å²) in [6, 6.07) is 2.75. The van der Waals surface area contributed by atoms with E-state index in [4.69, 9.17) is 0 Å². The number of rotatable bonds is 5. The van der Waals surface area contributed by atoms with E-state index in [0.29, 0.717) is 6.54 Å². The summed E-state index contributed by atoms with van der Waals surface area (Å²) in [5.41, 5.74) is 2.71. The minimum absolute atomic E-state index is 0.158. The molecular formula is C15H17N5O3. The molecule has 3 rings (SSSR count). The normalized spacial score (nSPS) is 17.2. The van der Waals surface area contributed by atoms with Crippen molar-refractivity contribution in [2.75, 3.05) is 0 Å². The van der Waals surface area contributed by atoms with Gasteiger partial charge in [-0.1, -0.05) is 6.07 Å². The third kappa shape index (κ3) is 3.47. The number of nitrogens with one attached hydrogen (secondary N) is 3. The second kappa shape index (κ2) is 6.07. The van der Waals surface area contributed by atoms with Crippen molar-refractivity contribution in [3.8, 4) is 0 Å². The molecule has 2 aromatic heterocycles. The number of urea groups is 1. The van der Waals surface area contributed by atoms with Crippen LogP contribution in [0.4, 0.5) is 4.79 Å². The number of imide groups is 1. The summed E-state index contributed by atoms with van der Waals surface area (Å²) in [6.45, 7) is 2.32. The van der Waals surface area contributed by atoms with E-state index in [1.165, 1.54) is 0 Å². The van der Waals surface area contributed by atoms with Gasteiger partial charge in [-0.2, -0.15) is 0 Å². The standard InChI is InChI=1S/C15H17N5O3/c1-9-2-4-12-17-10(8-20(12)7-9)6-16-13(21)5-3-11-14(22)19-15(23)18-11/h2,4,7-8,11H,3,5-6H2,1H3,(H,16,21)(H2,18,19,22,23)/t11-/m1/s1. The van der Waals surface area contributed by atoms with Crippen molar-refractivity contribution < 1.29 is 14.4 Å². The first-order valence-electron chi connectivity index (χ1n) is 7.33. The Kier molecular flexibility index (Phi) is 3.96. The van der Waals surface area contributed by atoms with Gasteiger partial charge in [0.2, 0.25) is 5.91 Å². The summed E-state index contributed by atoms with van der Waals surface area (Å²) in [4.78, 5) is 38.6. The molecule has 0 radical (unpaired) electrons. The van der Waals surface area contributed by atoms with Crippen LogP contribution in [0.1, 0.15) is 24.1 Å². The Morgan fingerprint density at radius 1 is 1.35 bits per heavy atom. The lowest BCUT2D eigenvalue weighted by Gasteiger charge is -2.07. The molecule has 2 aromatic rings. The Balaban J connectivity index is 1.50. The van der Waals surface area contributed by atoms with E-state index in [0.717, 1.165) is 16.9 Å². The van der Waals surface area contributed by atoms with Gasteiger partial charge in [0, 0.05) is 18.8 Å². The lowest BCUT2D eigenvalue weighted by molar-refractivity contribution is -0.122. The van der Waals surface area contributed by atoms with Crippen molar-refractivity contribution >= 4 is 23.5 Å². The van der Waals surface area contributed by atoms with E-state index >= 15 is 0 Å². The molecule has 0 bridgehead atoms. The van der Waals surface area contributed by atoms with Gasteiger partial charge in [0.05, 0.1) is 12.2 Å². The highest BCUT2D eigenvalue weighted by Gasteiger charge is 2.29. The first-order chi connectivity index (χ1) is 11.0. The number of aryl methyl sites for hydroxylation is 1. The second-order valence-corrected chi connectivity index (χ2v) is 5.53. The Bertz CT molecular complexity index is 783. The number of fused-ring (bicyclic) bond motifs is 1. The molecule has 120 valence electrons. The van der Waals surface area contributed by atoms with Crippen LogP contribution in [-0.2, 0) is 16.1 Å². The van der Waals surface area contributed by atoms with Crippen molar-refractivity contribution in [1.82, 2.24) is 25.3 Å². The van der Waals surface area contributed by atoms with E-state index in [9.17, 15) is 14.4 Å². The number of hydrogen-bond acceptors (Lipinski definition) is 4. The highest BCUT2D eigenvalue weighted by molar-refractivity contribution is 6.04. The average molecular weight is 315 g/mol. The van der Waals surface area contributed by atoms with Crippen molar-refractivity contribution in [2.24, 2.45) is 0 Å². The van der Waals surface area contributed by atoms with Crippen molar-refractivity contribution in [3.63, 3.8) is 0 Å². The minimum atomic E-state index is -0.633. The van der Waals surface area contributed by atoms with Gasteiger partial charge in [-0.15, -0.1) is 0 Å². The van der Waals surface area contributed by atoms with Crippen LogP contribution in [0.5, 0.6) is 0 Å². The monoisotopic (exact) mass is 315 g/mol. The van der Waals surface area contributed by atoms with E-state index in [1.807, 2.05) is 35.9 Å². The fourth-order valence-corrected chi connectivity index (χ4v) is 2.46. The van der Waals surface area contributed by atoms with Crippen molar-refractivity contribution in [2.45, 2.75) is 32.4 Å². The Morgan fingerprint density at radius 3 is 2.91 bits per heavy atom. The van der Waals surface area contributed by atoms with Gasteiger partial charge < -0.3 is 15.0 Å². The van der Waals surface area contributed by atoms with Crippen molar-refractivity contribution in [1.29, 1.82) is 0 Å². The summed E-state index contributed by atoms with van der Waals surface area (Å²) in [7, 11) is 0. The number of amides is 4. The van der Waals surface area contributed by atoms with Crippen LogP contribution in [0.15, 0.2) is 24.5 Å². The fraction of sp³-hybridized carbons (Fsp3) is 0.333. The molecule has 0 unspecified atom stereocenters. The fourth-order valence-electron chi connectivity index (χ4n) is 2.46. The van der Waals surface area contributed by atoms with E-state index in [1.54, 1.807) is 0 Å². The third-order valence-corrected chi connectivity index (χ3v) is 3.63. The highest BCUT2D eigenvalue weighted by Crippen LogP contribution is 2.07. The molecule has 1 fully saturated rings. The summed E-state index contributed by atoms with van der Waals surface area (Å²) in [6.07, 6.45) is 4.26. The maximum atomic E-state index is 11.8. The van der Waals surface area contributed by atoms with Gasteiger partial charge in [0.15, 0.2) is 0 Å². The SMILES string of the molecule is Cc1ccc2nc(CNC(=O)CC[C@H]3NC(=O)NC3=O)cn2c1. The topological polar surface area (TPSA) is 105 Å². The van der Waals surface area contributed by atoms with Gasteiger partial charge in [-0.25, -0.2) is 9.78 Å². The predicted octanol–water partition coefficient (Wildman–Crippen LogP) is 0.247. The zero-order valence-electron chi connectivity index (χ0n) is 12.6. The lowest BCUT2D eigenvalue weighted by atomic mass is 10.1. The predicted molar refractivity (Wildman–Crippen MR) is 81.5 cm³/mol. The Labute approximate surface area is 132 Å². The molecule has 3 heterocycles. The van der Waals surface area contributed by atoms with Crippen LogP contribution in [0.2, 0.25) is 0 Å².